The van der Waals surface area contributed by atoms with Crippen LogP contribution in [0.2, 0.25) is 0 Å². The third kappa shape index (κ3) is 3.11. The summed E-state index contributed by atoms with van der Waals surface area (Å²) in [6, 6.07) is 8.71. The first-order chi connectivity index (χ1) is 6.20. The minimum absolute atomic E-state index is 0.0832. The van der Waals surface area contributed by atoms with E-state index in [4.69, 9.17) is 4.84 Å². The lowest BCUT2D eigenvalue weighted by Crippen LogP contribution is -2.00. The number of nitrogens with zero attached hydrogens (tertiary/aromatic N) is 2. The maximum absolute atomic E-state index is 11.2. The Morgan fingerprint density at radius 1 is 1.31 bits per heavy atom. The van der Waals surface area contributed by atoms with Crippen molar-refractivity contribution in [2.75, 3.05) is 0 Å². The van der Waals surface area contributed by atoms with Crippen LogP contribution >= 0.6 is 0 Å². The predicted molar refractivity (Wildman–Crippen MR) is 48.4 cm³/mol. The maximum atomic E-state index is 11.2. The lowest BCUT2D eigenvalue weighted by Gasteiger charge is -2.00. The van der Waals surface area contributed by atoms with Crippen molar-refractivity contribution in [3.05, 3.63) is 35.5 Å². The van der Waals surface area contributed by atoms with Gasteiger partial charge >= 0.3 is 0 Å². The molecule has 0 amide bonds. The van der Waals surface area contributed by atoms with Gasteiger partial charge in [0.1, 0.15) is 6.10 Å². The van der Waals surface area contributed by atoms with Gasteiger partial charge < -0.3 is 10.0 Å². The Hall–Kier alpha value is -1.58. The Morgan fingerprint density at radius 2 is 1.92 bits per heavy atom. The van der Waals surface area contributed by atoms with Crippen LogP contribution in [0, 0.1) is 5.21 Å². The van der Waals surface area contributed by atoms with Crippen LogP contribution in [0.15, 0.2) is 35.6 Å². The number of rotatable bonds is 3. The van der Waals surface area contributed by atoms with Crippen LogP contribution in [0.3, 0.4) is 0 Å². The summed E-state index contributed by atoms with van der Waals surface area (Å²) < 4.78 is 0. The van der Waals surface area contributed by atoms with Gasteiger partial charge in [-0.25, -0.2) is 0 Å². The van der Waals surface area contributed by atoms with E-state index in [9.17, 15) is 5.21 Å². The molecule has 0 N–H and O–H groups in total. The largest absolute Gasteiger partial charge is 0.592 e. The Balaban J connectivity index is 2.68. The number of benzene rings is 1. The van der Waals surface area contributed by atoms with E-state index in [2.05, 4.69) is 5.28 Å². The summed E-state index contributed by atoms with van der Waals surface area (Å²) in [5, 5.41) is 14.5. The third-order valence-corrected chi connectivity index (χ3v) is 1.31. The minimum Gasteiger partial charge on any atom is -0.592 e. The van der Waals surface area contributed by atoms with Crippen LogP contribution < -0.4 is 0 Å². The van der Waals surface area contributed by atoms with Gasteiger partial charge in [-0.05, 0) is 18.7 Å². The lowest BCUT2D eigenvalue weighted by molar-refractivity contribution is -0.481. The van der Waals surface area contributed by atoms with Gasteiger partial charge in [0.2, 0.25) is 11.0 Å². The van der Waals surface area contributed by atoms with Gasteiger partial charge in [-0.2, -0.15) is 0 Å². The summed E-state index contributed by atoms with van der Waals surface area (Å²) >= 11 is 0. The van der Waals surface area contributed by atoms with Crippen LogP contribution in [-0.2, 0) is 4.84 Å². The molecule has 0 aliphatic rings. The molecule has 1 rings (SSSR count). The van der Waals surface area contributed by atoms with E-state index in [1.807, 2.05) is 19.9 Å². The molecule has 4 nitrogen and oxygen atoms in total. The quantitative estimate of drug-likeness (QED) is 0.408. The molecule has 1 aromatic carbocycles. The van der Waals surface area contributed by atoms with Crippen LogP contribution in [-0.4, -0.2) is 11.0 Å². The summed E-state index contributed by atoms with van der Waals surface area (Å²) in [6.45, 7) is 3.62. The van der Waals surface area contributed by atoms with Crippen LogP contribution in [0.5, 0.6) is 0 Å². The third-order valence-electron chi connectivity index (χ3n) is 1.31. The molecule has 0 fully saturated rings. The summed E-state index contributed by atoms with van der Waals surface area (Å²) in [5.74, 6) is 0. The minimum atomic E-state index is -0.0832. The van der Waals surface area contributed by atoms with Gasteiger partial charge in [0, 0.05) is 12.1 Å². The zero-order valence-electron chi connectivity index (χ0n) is 7.68. The second-order valence-corrected chi connectivity index (χ2v) is 2.84. The molecule has 0 saturated carbocycles. The smallest absolute Gasteiger partial charge is 0.248 e. The number of para-hydroxylation sites is 1. The molecular formula is C9H12N2O2. The van der Waals surface area contributed by atoms with E-state index in [1.54, 1.807) is 24.3 Å². The molecule has 0 aromatic heterocycles. The molecular weight excluding hydrogens is 168 g/mol. The van der Waals surface area contributed by atoms with Gasteiger partial charge in [-0.1, -0.05) is 18.2 Å². The summed E-state index contributed by atoms with van der Waals surface area (Å²) in [5.41, 5.74) is 0.461. The van der Waals surface area contributed by atoms with Crippen molar-refractivity contribution in [2.24, 2.45) is 5.28 Å². The molecule has 0 unspecified atom stereocenters. The van der Waals surface area contributed by atoms with Crippen molar-refractivity contribution < 1.29 is 9.70 Å². The Kier molecular flexibility index (Phi) is 3.25. The Morgan fingerprint density at radius 3 is 2.46 bits per heavy atom. The van der Waals surface area contributed by atoms with Crippen molar-refractivity contribution in [3.63, 3.8) is 0 Å². The van der Waals surface area contributed by atoms with Crippen LogP contribution in [0.1, 0.15) is 13.8 Å². The van der Waals surface area contributed by atoms with E-state index in [0.717, 1.165) is 0 Å². The molecule has 0 bridgehead atoms. The first kappa shape index (κ1) is 9.51. The fraction of sp³-hybridized carbons (Fsp3) is 0.333. The molecule has 0 aliphatic carbocycles. The van der Waals surface area contributed by atoms with Gasteiger partial charge in [0.15, 0.2) is 0 Å². The lowest BCUT2D eigenvalue weighted by atomic mass is 10.3. The fourth-order valence-electron chi connectivity index (χ4n) is 0.740. The highest BCUT2D eigenvalue weighted by atomic mass is 16.7. The number of hydrogen-bond acceptors (Lipinski definition) is 3. The highest BCUT2D eigenvalue weighted by Crippen LogP contribution is 2.09. The van der Waals surface area contributed by atoms with Crippen LogP contribution in [0.4, 0.5) is 5.69 Å². The number of hydrogen-bond donors (Lipinski definition) is 0. The zero-order valence-corrected chi connectivity index (χ0v) is 7.68. The van der Waals surface area contributed by atoms with Crippen molar-refractivity contribution in [2.45, 2.75) is 20.0 Å². The molecule has 0 aliphatic heterocycles. The SMILES string of the molecule is CC(C)O/N=[N+](\[O-])c1ccccc1. The molecule has 70 valence electrons. The van der Waals surface area contributed by atoms with Crippen LogP contribution in [0.25, 0.3) is 0 Å². The summed E-state index contributed by atoms with van der Waals surface area (Å²) in [7, 11) is 0. The average molecular weight is 180 g/mol. The monoisotopic (exact) mass is 180 g/mol. The fourth-order valence-corrected chi connectivity index (χ4v) is 0.740. The molecule has 0 radical (unpaired) electrons. The topological polar surface area (TPSA) is 47.7 Å². The van der Waals surface area contributed by atoms with E-state index >= 15 is 0 Å². The van der Waals surface area contributed by atoms with E-state index in [0.29, 0.717) is 10.5 Å². The van der Waals surface area contributed by atoms with Gasteiger partial charge in [-0.3, -0.25) is 0 Å². The standard InChI is InChI=1S/C9H12N2O2/c1-8(2)13-10-11(12)9-6-4-3-5-7-9/h3-8H,1-2H3/b11-10-. The maximum Gasteiger partial charge on any atom is 0.248 e. The van der Waals surface area contributed by atoms with E-state index in [-0.39, 0.29) is 6.10 Å². The second-order valence-electron chi connectivity index (χ2n) is 2.84. The van der Waals surface area contributed by atoms with Crippen molar-refractivity contribution >= 4 is 5.69 Å². The predicted octanol–water partition coefficient (Wildman–Crippen LogP) is 2.62. The molecule has 0 heterocycles. The molecule has 0 atom stereocenters. The Labute approximate surface area is 77.0 Å². The van der Waals surface area contributed by atoms with Crippen molar-refractivity contribution in [1.82, 2.24) is 0 Å². The van der Waals surface area contributed by atoms with Gasteiger partial charge in [0.25, 0.3) is 0 Å². The highest BCUT2D eigenvalue weighted by Gasteiger charge is 2.01. The average Bonchev–Trinajstić information content (AvgIpc) is 2.15. The first-order valence-electron chi connectivity index (χ1n) is 4.09. The van der Waals surface area contributed by atoms with Crippen molar-refractivity contribution in [3.8, 4) is 0 Å². The Bertz CT molecular complexity index is 283. The molecule has 0 saturated heterocycles. The zero-order chi connectivity index (χ0) is 9.68. The normalized spacial score (nSPS) is 11.8. The summed E-state index contributed by atoms with van der Waals surface area (Å²) in [4.78, 5) is 5.25. The molecule has 4 heteroatoms. The van der Waals surface area contributed by atoms with Crippen molar-refractivity contribution in [1.29, 1.82) is 0 Å². The van der Waals surface area contributed by atoms with E-state index < -0.39 is 0 Å². The highest BCUT2D eigenvalue weighted by molar-refractivity contribution is 5.27. The molecule has 0 spiro atoms. The summed E-state index contributed by atoms with van der Waals surface area (Å²) in [6.07, 6.45) is -0.0832. The molecule has 13 heavy (non-hydrogen) atoms. The van der Waals surface area contributed by atoms with E-state index in [1.165, 1.54) is 0 Å². The van der Waals surface area contributed by atoms with Gasteiger partial charge in [-0.15, -0.1) is 0 Å². The first-order valence-corrected chi connectivity index (χ1v) is 4.09. The molecule has 1 aromatic rings. The second kappa shape index (κ2) is 4.45. The van der Waals surface area contributed by atoms with Gasteiger partial charge in [0.05, 0.1) is 0 Å².